The zero-order chi connectivity index (χ0) is 11.3. The number of aliphatic hydroxyl groups is 1. The van der Waals surface area contributed by atoms with Crippen LogP contribution in [-0.4, -0.2) is 11.2 Å². The summed E-state index contributed by atoms with van der Waals surface area (Å²) in [5.74, 6) is 0.456. The minimum Gasteiger partial charge on any atom is -0.392 e. The maximum absolute atomic E-state index is 10.1. The van der Waals surface area contributed by atoms with Crippen molar-refractivity contribution in [2.24, 2.45) is 5.92 Å². The molecule has 1 nitrogen and oxygen atoms in total. The van der Waals surface area contributed by atoms with Crippen LogP contribution in [0.4, 0.5) is 0 Å². The van der Waals surface area contributed by atoms with E-state index >= 15 is 0 Å². The molecule has 0 aliphatic rings. The Morgan fingerprint density at radius 2 is 1.73 bits per heavy atom. The second kappa shape index (κ2) is 6.29. The Labute approximate surface area is 97.2 Å². The van der Waals surface area contributed by atoms with Gasteiger partial charge in [-0.25, -0.2) is 0 Å². The Morgan fingerprint density at radius 1 is 1.13 bits per heavy atom. The highest BCUT2D eigenvalue weighted by Gasteiger charge is 2.16. The molecular weight excluding hydrogens is 204 g/mol. The lowest BCUT2D eigenvalue weighted by molar-refractivity contribution is 0.104. The fraction of sp³-hybridized carbons (Fsp3) is 0.692. The summed E-state index contributed by atoms with van der Waals surface area (Å²) in [6, 6.07) is 4.34. The van der Waals surface area contributed by atoms with Crippen molar-refractivity contribution in [3.63, 3.8) is 0 Å². The van der Waals surface area contributed by atoms with Gasteiger partial charge in [-0.05, 0) is 24.5 Å². The highest BCUT2D eigenvalue weighted by Crippen LogP contribution is 2.22. The lowest BCUT2D eigenvalue weighted by Gasteiger charge is -2.19. The highest BCUT2D eigenvalue weighted by atomic mass is 32.1. The molecule has 1 aromatic rings. The average molecular weight is 226 g/mol. The van der Waals surface area contributed by atoms with Gasteiger partial charge in [0.2, 0.25) is 0 Å². The molecule has 15 heavy (non-hydrogen) atoms. The van der Waals surface area contributed by atoms with Gasteiger partial charge < -0.3 is 5.11 Å². The largest absolute Gasteiger partial charge is 0.392 e. The standard InChI is InChI=1S/C13H22OS/c1-4-10(5-2)13(14)9-12-8-7-11(6-3)15-12/h7-8,10,13-14H,4-6,9H2,1-3H3. The predicted octanol–water partition coefficient (Wildman–Crippen LogP) is 3.65. The molecule has 0 saturated heterocycles. The van der Waals surface area contributed by atoms with E-state index in [2.05, 4.69) is 32.9 Å². The SMILES string of the molecule is CCc1ccc(CC(O)C(CC)CC)s1. The molecule has 0 aliphatic heterocycles. The minimum atomic E-state index is -0.164. The zero-order valence-electron chi connectivity index (χ0n) is 9.99. The second-order valence-corrected chi connectivity index (χ2v) is 5.32. The molecule has 1 N–H and O–H groups in total. The summed E-state index contributed by atoms with van der Waals surface area (Å²) in [5, 5.41) is 10.1. The molecule has 1 aromatic heterocycles. The van der Waals surface area contributed by atoms with Crippen molar-refractivity contribution in [2.45, 2.75) is 52.6 Å². The molecule has 1 unspecified atom stereocenters. The number of aryl methyl sites for hydroxylation is 1. The summed E-state index contributed by atoms with van der Waals surface area (Å²) >= 11 is 1.84. The minimum absolute atomic E-state index is 0.164. The number of hydrogen-bond acceptors (Lipinski definition) is 2. The van der Waals surface area contributed by atoms with Crippen LogP contribution in [0.15, 0.2) is 12.1 Å². The summed E-state index contributed by atoms with van der Waals surface area (Å²) in [6.07, 6.45) is 3.92. The molecule has 1 atom stereocenters. The maximum Gasteiger partial charge on any atom is 0.0616 e. The molecule has 0 fully saturated rings. The van der Waals surface area contributed by atoms with Gasteiger partial charge >= 0.3 is 0 Å². The van der Waals surface area contributed by atoms with Crippen molar-refractivity contribution in [3.8, 4) is 0 Å². The Hall–Kier alpha value is -0.340. The van der Waals surface area contributed by atoms with Crippen molar-refractivity contribution < 1.29 is 5.11 Å². The quantitative estimate of drug-likeness (QED) is 0.785. The smallest absolute Gasteiger partial charge is 0.0616 e. The summed E-state index contributed by atoms with van der Waals surface area (Å²) in [7, 11) is 0. The van der Waals surface area contributed by atoms with E-state index in [0.717, 1.165) is 25.7 Å². The fourth-order valence-electron chi connectivity index (χ4n) is 1.93. The third-order valence-electron chi connectivity index (χ3n) is 3.07. The Kier molecular flexibility index (Phi) is 5.34. The van der Waals surface area contributed by atoms with E-state index < -0.39 is 0 Å². The second-order valence-electron chi connectivity index (χ2n) is 4.07. The van der Waals surface area contributed by atoms with Crippen molar-refractivity contribution in [1.82, 2.24) is 0 Å². The number of thiophene rings is 1. The third-order valence-corrected chi connectivity index (χ3v) is 4.32. The van der Waals surface area contributed by atoms with Crippen LogP contribution in [0.25, 0.3) is 0 Å². The number of hydrogen-bond donors (Lipinski definition) is 1. The van der Waals surface area contributed by atoms with E-state index in [9.17, 15) is 5.11 Å². The van der Waals surface area contributed by atoms with Gasteiger partial charge in [0.25, 0.3) is 0 Å². The van der Waals surface area contributed by atoms with E-state index in [1.807, 2.05) is 11.3 Å². The Balaban J connectivity index is 2.53. The van der Waals surface area contributed by atoms with Gasteiger partial charge in [0, 0.05) is 16.2 Å². The van der Waals surface area contributed by atoms with Crippen LogP contribution < -0.4 is 0 Å². The molecule has 0 aromatic carbocycles. The first-order chi connectivity index (χ1) is 7.21. The van der Waals surface area contributed by atoms with Crippen molar-refractivity contribution in [1.29, 1.82) is 0 Å². The molecular formula is C13H22OS. The van der Waals surface area contributed by atoms with E-state index in [1.165, 1.54) is 9.75 Å². The summed E-state index contributed by atoms with van der Waals surface area (Å²) < 4.78 is 0. The molecule has 0 saturated carbocycles. The van der Waals surface area contributed by atoms with E-state index in [0.29, 0.717) is 5.92 Å². The molecule has 0 aliphatic carbocycles. The van der Waals surface area contributed by atoms with Gasteiger partial charge in [0.05, 0.1) is 6.10 Å². The van der Waals surface area contributed by atoms with Crippen molar-refractivity contribution in [3.05, 3.63) is 21.9 Å². The van der Waals surface area contributed by atoms with Crippen LogP contribution in [0.5, 0.6) is 0 Å². The predicted molar refractivity (Wildman–Crippen MR) is 67.5 cm³/mol. The van der Waals surface area contributed by atoms with E-state index in [1.54, 1.807) is 0 Å². The first-order valence-electron chi connectivity index (χ1n) is 5.96. The molecule has 1 heterocycles. The summed E-state index contributed by atoms with van der Waals surface area (Å²) in [4.78, 5) is 2.74. The van der Waals surface area contributed by atoms with Crippen LogP contribution in [0.1, 0.15) is 43.4 Å². The van der Waals surface area contributed by atoms with Gasteiger partial charge in [-0.3, -0.25) is 0 Å². The van der Waals surface area contributed by atoms with Crippen LogP contribution >= 0.6 is 11.3 Å². The van der Waals surface area contributed by atoms with Crippen LogP contribution in [-0.2, 0) is 12.8 Å². The van der Waals surface area contributed by atoms with E-state index in [4.69, 9.17) is 0 Å². The topological polar surface area (TPSA) is 20.2 Å². The molecule has 86 valence electrons. The van der Waals surface area contributed by atoms with Crippen LogP contribution in [0, 0.1) is 5.92 Å². The monoisotopic (exact) mass is 226 g/mol. The maximum atomic E-state index is 10.1. The molecule has 0 spiro atoms. The Morgan fingerprint density at radius 3 is 2.20 bits per heavy atom. The first kappa shape index (κ1) is 12.7. The first-order valence-corrected chi connectivity index (χ1v) is 6.78. The average Bonchev–Trinajstić information content (AvgIpc) is 2.67. The van der Waals surface area contributed by atoms with Crippen LogP contribution in [0.3, 0.4) is 0 Å². The van der Waals surface area contributed by atoms with Gasteiger partial charge in [-0.1, -0.05) is 33.6 Å². The molecule has 0 bridgehead atoms. The van der Waals surface area contributed by atoms with Crippen molar-refractivity contribution in [2.75, 3.05) is 0 Å². The number of aliphatic hydroxyl groups excluding tert-OH is 1. The highest BCUT2D eigenvalue weighted by molar-refractivity contribution is 7.11. The number of rotatable bonds is 6. The lowest BCUT2D eigenvalue weighted by atomic mass is 9.94. The summed E-state index contributed by atoms with van der Waals surface area (Å²) in [5.41, 5.74) is 0. The Bertz CT molecular complexity index is 276. The van der Waals surface area contributed by atoms with E-state index in [-0.39, 0.29) is 6.10 Å². The van der Waals surface area contributed by atoms with Gasteiger partial charge in [0.1, 0.15) is 0 Å². The third kappa shape index (κ3) is 3.62. The van der Waals surface area contributed by atoms with Gasteiger partial charge in [-0.2, -0.15) is 0 Å². The molecule has 2 heteroatoms. The fourth-order valence-corrected chi connectivity index (χ4v) is 2.94. The molecule has 0 amide bonds. The summed E-state index contributed by atoms with van der Waals surface area (Å²) in [6.45, 7) is 6.49. The van der Waals surface area contributed by atoms with Crippen LogP contribution in [0.2, 0.25) is 0 Å². The van der Waals surface area contributed by atoms with Gasteiger partial charge in [0.15, 0.2) is 0 Å². The molecule has 0 radical (unpaired) electrons. The normalized spacial score (nSPS) is 13.4. The molecule has 1 rings (SSSR count). The van der Waals surface area contributed by atoms with Gasteiger partial charge in [-0.15, -0.1) is 11.3 Å². The zero-order valence-corrected chi connectivity index (χ0v) is 10.8. The van der Waals surface area contributed by atoms with Crippen molar-refractivity contribution >= 4 is 11.3 Å². The lowest BCUT2D eigenvalue weighted by Crippen LogP contribution is -2.21.